The van der Waals surface area contributed by atoms with Crippen molar-refractivity contribution < 1.29 is 4.79 Å². The number of allylic oxidation sites excluding steroid dienone is 6. The molecule has 5 N–H and O–H groups in total. The molecule has 0 saturated carbocycles. The average Bonchev–Trinajstić information content (AvgIpc) is 2.86. The molecule has 0 bridgehead atoms. The van der Waals surface area contributed by atoms with Crippen molar-refractivity contribution in [1.29, 1.82) is 10.8 Å². The second-order valence-electron chi connectivity index (χ2n) is 9.50. The van der Waals surface area contributed by atoms with Crippen molar-refractivity contribution in [3.63, 3.8) is 0 Å². The van der Waals surface area contributed by atoms with Crippen molar-refractivity contribution in [3.05, 3.63) is 69.9 Å². The number of unbranched alkanes of at least 4 members (excludes halogenated alkanes) is 1. The zero-order valence-corrected chi connectivity index (χ0v) is 24.8. The third-order valence-electron chi connectivity index (χ3n) is 5.84. The number of hydrogen-bond donors (Lipinski definition) is 4. The van der Waals surface area contributed by atoms with Gasteiger partial charge in [0.25, 0.3) is 0 Å². The lowest BCUT2D eigenvalue weighted by atomic mass is 9.99. The topological polar surface area (TPSA) is 103 Å². The van der Waals surface area contributed by atoms with Crippen molar-refractivity contribution in [2.45, 2.75) is 86.5 Å². The van der Waals surface area contributed by atoms with Gasteiger partial charge >= 0.3 is 0 Å². The first-order valence-electron chi connectivity index (χ1n) is 13.5. The largest absolute Gasteiger partial charge is 0.405 e. The average molecular weight is 527 g/mol. The Morgan fingerprint density at radius 3 is 2.32 bits per heavy atom. The molecular weight excluding hydrogens is 476 g/mol. The van der Waals surface area contributed by atoms with Crippen LogP contribution in [0.15, 0.2) is 69.9 Å². The van der Waals surface area contributed by atoms with Crippen LogP contribution in [0.2, 0.25) is 0 Å². The minimum atomic E-state index is -0.124. The summed E-state index contributed by atoms with van der Waals surface area (Å²) in [6.07, 6.45) is 16.7. The van der Waals surface area contributed by atoms with Crippen LogP contribution in [0.5, 0.6) is 0 Å². The van der Waals surface area contributed by atoms with Gasteiger partial charge in [0.15, 0.2) is 0 Å². The monoisotopic (exact) mass is 526 g/mol. The summed E-state index contributed by atoms with van der Waals surface area (Å²) >= 11 is 1.59. The number of carbonyl (C=O) groups excluding carboxylic acids is 1. The number of thioether (sulfide) groups is 1. The van der Waals surface area contributed by atoms with E-state index in [0.717, 1.165) is 53.7 Å². The third kappa shape index (κ3) is 14.7. The zero-order chi connectivity index (χ0) is 28.2. The fraction of sp³-hybridized carbons (Fsp3) is 0.516. The van der Waals surface area contributed by atoms with Gasteiger partial charge in [-0.3, -0.25) is 4.79 Å². The maximum absolute atomic E-state index is 13.5. The summed E-state index contributed by atoms with van der Waals surface area (Å²) in [6, 6.07) is 0. The molecule has 0 radical (unpaired) electrons. The van der Waals surface area contributed by atoms with Crippen LogP contribution in [0.3, 0.4) is 0 Å². The predicted octanol–water partition coefficient (Wildman–Crippen LogP) is 8.03. The SMILES string of the molecule is C=C(/C=C\C(=C/C(C)CC)CNC(=O)/C(CCCC)=C(\C=N)C(SCCC(=N)/C=C\N)=C(C)C)CCC. The molecule has 1 atom stereocenters. The Kier molecular flexibility index (Phi) is 19.0. The Labute approximate surface area is 230 Å². The molecule has 0 aromatic rings. The quantitative estimate of drug-likeness (QED) is 0.0778. The lowest BCUT2D eigenvalue weighted by Crippen LogP contribution is -2.28. The molecule has 206 valence electrons. The summed E-state index contributed by atoms with van der Waals surface area (Å²) in [4.78, 5) is 14.5. The smallest absolute Gasteiger partial charge is 0.248 e. The Bertz CT molecular complexity index is 917. The normalized spacial score (nSPS) is 13.4. The molecule has 0 aliphatic heterocycles. The molecule has 0 aliphatic rings. The van der Waals surface area contributed by atoms with Crippen LogP contribution in [-0.4, -0.2) is 30.1 Å². The molecule has 0 fully saturated rings. The molecule has 0 spiro atoms. The van der Waals surface area contributed by atoms with E-state index in [1.165, 1.54) is 12.4 Å². The molecule has 0 aromatic heterocycles. The van der Waals surface area contributed by atoms with Crippen LogP contribution in [0.1, 0.15) is 86.5 Å². The summed E-state index contributed by atoms with van der Waals surface area (Å²) < 4.78 is 0. The minimum absolute atomic E-state index is 0.124. The highest BCUT2D eigenvalue weighted by atomic mass is 32.2. The van der Waals surface area contributed by atoms with E-state index in [2.05, 4.69) is 57.8 Å². The van der Waals surface area contributed by atoms with Gasteiger partial charge in [0.2, 0.25) is 5.91 Å². The van der Waals surface area contributed by atoms with Crippen LogP contribution in [0.25, 0.3) is 0 Å². The number of nitrogens with two attached hydrogens (primary N) is 1. The molecular formula is C31H50N4OS. The predicted molar refractivity (Wildman–Crippen MR) is 166 cm³/mol. The molecule has 0 rings (SSSR count). The summed E-state index contributed by atoms with van der Waals surface area (Å²) in [6.45, 7) is 17.1. The second kappa shape index (κ2) is 20.5. The number of rotatable bonds is 19. The van der Waals surface area contributed by atoms with Gasteiger partial charge in [-0.1, -0.05) is 82.9 Å². The fourth-order valence-electron chi connectivity index (χ4n) is 3.54. The molecule has 0 aliphatic carbocycles. The summed E-state index contributed by atoms with van der Waals surface area (Å²) in [7, 11) is 0. The first-order chi connectivity index (χ1) is 17.6. The molecule has 37 heavy (non-hydrogen) atoms. The lowest BCUT2D eigenvalue weighted by molar-refractivity contribution is -0.117. The van der Waals surface area contributed by atoms with Gasteiger partial charge in [0.1, 0.15) is 0 Å². The van der Waals surface area contributed by atoms with E-state index >= 15 is 0 Å². The minimum Gasteiger partial charge on any atom is -0.405 e. The molecule has 0 heterocycles. The van der Waals surface area contributed by atoms with Crippen molar-refractivity contribution >= 4 is 29.6 Å². The van der Waals surface area contributed by atoms with Crippen molar-refractivity contribution in [1.82, 2.24) is 5.32 Å². The lowest BCUT2D eigenvalue weighted by Gasteiger charge is -2.17. The summed E-state index contributed by atoms with van der Waals surface area (Å²) in [5, 5.41) is 19.3. The van der Waals surface area contributed by atoms with Crippen molar-refractivity contribution in [3.8, 4) is 0 Å². The van der Waals surface area contributed by atoms with Gasteiger partial charge in [-0.15, -0.1) is 11.8 Å². The first kappa shape index (κ1) is 34.4. The van der Waals surface area contributed by atoms with Gasteiger partial charge < -0.3 is 21.9 Å². The van der Waals surface area contributed by atoms with E-state index in [4.69, 9.17) is 16.6 Å². The van der Waals surface area contributed by atoms with Gasteiger partial charge in [-0.2, -0.15) is 0 Å². The number of carbonyl (C=O) groups is 1. The molecule has 1 unspecified atom stereocenters. The summed E-state index contributed by atoms with van der Waals surface area (Å²) in [5.74, 6) is 0.962. The Morgan fingerprint density at radius 2 is 1.78 bits per heavy atom. The Hall–Kier alpha value is -2.60. The summed E-state index contributed by atoms with van der Waals surface area (Å²) in [5.41, 5.74) is 10.4. The molecule has 0 aromatic carbocycles. The van der Waals surface area contributed by atoms with Gasteiger partial charge in [0, 0.05) is 40.3 Å². The van der Waals surface area contributed by atoms with Crippen LogP contribution in [0.4, 0.5) is 0 Å². The van der Waals surface area contributed by atoms with Crippen LogP contribution in [-0.2, 0) is 4.79 Å². The van der Waals surface area contributed by atoms with Gasteiger partial charge in [-0.25, -0.2) is 0 Å². The van der Waals surface area contributed by atoms with E-state index in [0.29, 0.717) is 47.9 Å². The number of hydrogen-bond acceptors (Lipinski definition) is 5. The second-order valence-corrected chi connectivity index (χ2v) is 10.6. The highest BCUT2D eigenvalue weighted by Gasteiger charge is 2.18. The first-order valence-corrected chi connectivity index (χ1v) is 14.5. The van der Waals surface area contributed by atoms with E-state index in [1.807, 2.05) is 13.8 Å². The maximum atomic E-state index is 13.5. The molecule has 1 amide bonds. The van der Waals surface area contributed by atoms with E-state index in [-0.39, 0.29) is 5.91 Å². The van der Waals surface area contributed by atoms with Crippen LogP contribution in [0, 0.1) is 16.7 Å². The van der Waals surface area contributed by atoms with Crippen molar-refractivity contribution in [2.75, 3.05) is 12.3 Å². The zero-order valence-electron chi connectivity index (χ0n) is 24.0. The third-order valence-corrected chi connectivity index (χ3v) is 7.16. The van der Waals surface area contributed by atoms with Gasteiger partial charge in [-0.05, 0) is 63.3 Å². The van der Waals surface area contributed by atoms with Gasteiger partial charge in [0.05, 0.1) is 0 Å². The Balaban J connectivity index is 6.01. The number of amides is 1. The van der Waals surface area contributed by atoms with Crippen LogP contribution >= 0.6 is 11.8 Å². The molecule has 5 nitrogen and oxygen atoms in total. The fourth-order valence-corrected chi connectivity index (χ4v) is 4.70. The Morgan fingerprint density at radius 1 is 1.08 bits per heavy atom. The van der Waals surface area contributed by atoms with Crippen molar-refractivity contribution in [2.24, 2.45) is 11.7 Å². The highest BCUT2D eigenvalue weighted by Crippen LogP contribution is 2.31. The van der Waals surface area contributed by atoms with E-state index in [1.54, 1.807) is 17.8 Å². The molecule has 6 heteroatoms. The maximum Gasteiger partial charge on any atom is 0.248 e. The standard InChI is InChI=1S/C31H50N4OS/c1-8-11-13-28(29(21-33)30(23(4)5)37-19-17-27(34)16-18-32)31(36)35-22-26(20-24(6)10-3)15-14-25(7)12-9-2/h14-16,18,20-21,24,33-34H,7-13,17,19,22,32H2,1-6H3,(H,35,36)/b15-14-,18-16-,26-20+,29-28+,33-21?,34-27?. The highest BCUT2D eigenvalue weighted by molar-refractivity contribution is 8.03. The number of nitrogens with one attached hydrogen (secondary N) is 3. The molecule has 0 saturated heterocycles. The van der Waals surface area contributed by atoms with E-state index < -0.39 is 0 Å². The van der Waals surface area contributed by atoms with Crippen LogP contribution < -0.4 is 11.1 Å². The van der Waals surface area contributed by atoms with E-state index in [9.17, 15) is 4.79 Å².